The molecule has 1 fully saturated rings. The highest BCUT2D eigenvalue weighted by Crippen LogP contribution is 2.16. The Morgan fingerprint density at radius 3 is 2.36 bits per heavy atom. The lowest BCUT2D eigenvalue weighted by Crippen LogP contribution is -2.46. The number of hydrogen-bond acceptors (Lipinski definition) is 2. The second-order valence-corrected chi connectivity index (χ2v) is 7.15. The van der Waals surface area contributed by atoms with Gasteiger partial charge in [0, 0.05) is 35.6 Å². The molecule has 4 nitrogen and oxygen atoms in total. The Morgan fingerprint density at radius 1 is 1.23 bits per heavy atom. The summed E-state index contributed by atoms with van der Waals surface area (Å²) in [6, 6.07) is 7.63. The minimum atomic E-state index is 0.0689. The SMILES string of the molecule is CC(C)CC(=O)NC1CCN(C(=O)c2ccc(Br)cc2)CC1. The Balaban J connectivity index is 1.83. The van der Waals surface area contributed by atoms with Crippen molar-refractivity contribution >= 4 is 27.7 Å². The third kappa shape index (κ3) is 4.83. The smallest absolute Gasteiger partial charge is 0.253 e. The molecule has 1 aromatic rings. The van der Waals surface area contributed by atoms with Gasteiger partial charge in [0.2, 0.25) is 5.91 Å². The van der Waals surface area contributed by atoms with Crippen LogP contribution in [0, 0.1) is 5.92 Å². The Morgan fingerprint density at radius 2 is 1.82 bits per heavy atom. The lowest BCUT2D eigenvalue weighted by Gasteiger charge is -2.32. The molecule has 1 N–H and O–H groups in total. The molecule has 22 heavy (non-hydrogen) atoms. The van der Waals surface area contributed by atoms with E-state index >= 15 is 0 Å². The summed E-state index contributed by atoms with van der Waals surface area (Å²) >= 11 is 3.37. The number of likely N-dealkylation sites (tertiary alicyclic amines) is 1. The van der Waals surface area contributed by atoms with E-state index < -0.39 is 0 Å². The number of halogens is 1. The Hall–Kier alpha value is -1.36. The van der Waals surface area contributed by atoms with E-state index in [2.05, 4.69) is 21.2 Å². The van der Waals surface area contributed by atoms with Crippen molar-refractivity contribution in [3.05, 3.63) is 34.3 Å². The standard InChI is InChI=1S/C17H23BrN2O2/c1-12(2)11-16(21)19-15-7-9-20(10-8-15)17(22)13-3-5-14(18)6-4-13/h3-6,12,15H,7-11H2,1-2H3,(H,19,21). The molecule has 5 heteroatoms. The van der Waals surface area contributed by atoms with Crippen molar-refractivity contribution in [2.45, 2.75) is 39.2 Å². The van der Waals surface area contributed by atoms with Crippen molar-refractivity contribution in [1.82, 2.24) is 10.2 Å². The first-order valence-corrected chi connectivity index (χ1v) is 8.59. The van der Waals surface area contributed by atoms with Crippen molar-refractivity contribution in [3.8, 4) is 0 Å². The second-order valence-electron chi connectivity index (χ2n) is 6.24. The van der Waals surface area contributed by atoms with Gasteiger partial charge in [-0.05, 0) is 43.0 Å². The van der Waals surface area contributed by atoms with E-state index in [0.717, 1.165) is 17.3 Å². The number of hydrogen-bond donors (Lipinski definition) is 1. The third-order valence-corrected chi connectivity index (χ3v) is 4.36. The van der Waals surface area contributed by atoms with Gasteiger partial charge in [0.25, 0.3) is 5.91 Å². The number of nitrogens with zero attached hydrogens (tertiary/aromatic N) is 1. The molecule has 0 aliphatic carbocycles. The van der Waals surface area contributed by atoms with Crippen LogP contribution in [0.15, 0.2) is 28.7 Å². The van der Waals surface area contributed by atoms with E-state index in [-0.39, 0.29) is 17.9 Å². The first-order valence-electron chi connectivity index (χ1n) is 7.80. The second kappa shape index (κ2) is 7.77. The highest BCUT2D eigenvalue weighted by atomic mass is 79.9. The molecule has 1 aromatic carbocycles. The van der Waals surface area contributed by atoms with Gasteiger partial charge in [-0.25, -0.2) is 0 Å². The van der Waals surface area contributed by atoms with Crippen molar-refractivity contribution in [3.63, 3.8) is 0 Å². The van der Waals surface area contributed by atoms with Gasteiger partial charge in [0.15, 0.2) is 0 Å². The molecule has 1 aliphatic heterocycles. The van der Waals surface area contributed by atoms with E-state index in [1.807, 2.05) is 43.0 Å². The maximum atomic E-state index is 12.4. The number of benzene rings is 1. The maximum absolute atomic E-state index is 12.4. The number of piperidine rings is 1. The molecule has 1 saturated heterocycles. The molecule has 0 radical (unpaired) electrons. The number of carbonyl (C=O) groups excluding carboxylic acids is 2. The van der Waals surface area contributed by atoms with Crippen molar-refractivity contribution < 1.29 is 9.59 Å². The van der Waals surface area contributed by atoms with Crippen LogP contribution in [0.25, 0.3) is 0 Å². The lowest BCUT2D eigenvalue weighted by molar-refractivity contribution is -0.122. The molecule has 1 heterocycles. The zero-order valence-corrected chi connectivity index (χ0v) is 14.7. The third-order valence-electron chi connectivity index (χ3n) is 3.83. The fourth-order valence-corrected chi connectivity index (χ4v) is 2.92. The lowest BCUT2D eigenvalue weighted by atomic mass is 10.0. The van der Waals surface area contributed by atoms with E-state index in [9.17, 15) is 9.59 Å². The van der Waals surface area contributed by atoms with Crippen LogP contribution in [0.3, 0.4) is 0 Å². The molecule has 2 amide bonds. The van der Waals surface area contributed by atoms with Gasteiger partial charge in [-0.15, -0.1) is 0 Å². The summed E-state index contributed by atoms with van der Waals surface area (Å²) in [6.45, 7) is 5.47. The van der Waals surface area contributed by atoms with Crippen molar-refractivity contribution in [2.24, 2.45) is 5.92 Å². The zero-order chi connectivity index (χ0) is 16.1. The van der Waals surface area contributed by atoms with E-state index in [4.69, 9.17) is 0 Å². The largest absolute Gasteiger partial charge is 0.353 e. The fourth-order valence-electron chi connectivity index (χ4n) is 2.66. The summed E-state index contributed by atoms with van der Waals surface area (Å²) in [5, 5.41) is 3.07. The summed E-state index contributed by atoms with van der Waals surface area (Å²) in [6.07, 6.45) is 2.22. The van der Waals surface area contributed by atoms with Crippen LogP contribution in [0.1, 0.15) is 43.5 Å². The van der Waals surface area contributed by atoms with Crippen LogP contribution < -0.4 is 5.32 Å². The average molecular weight is 367 g/mol. The van der Waals surface area contributed by atoms with Crippen LogP contribution in [0.5, 0.6) is 0 Å². The maximum Gasteiger partial charge on any atom is 0.253 e. The summed E-state index contributed by atoms with van der Waals surface area (Å²) < 4.78 is 0.968. The first-order chi connectivity index (χ1) is 10.5. The molecular weight excluding hydrogens is 344 g/mol. The molecule has 0 spiro atoms. The molecule has 120 valence electrons. The topological polar surface area (TPSA) is 49.4 Å². The van der Waals surface area contributed by atoms with Gasteiger partial charge < -0.3 is 10.2 Å². The van der Waals surface area contributed by atoms with E-state index in [1.165, 1.54) is 0 Å². The highest BCUT2D eigenvalue weighted by molar-refractivity contribution is 9.10. The minimum Gasteiger partial charge on any atom is -0.353 e. The molecule has 0 bridgehead atoms. The number of carbonyl (C=O) groups is 2. The first kappa shape index (κ1) is 17.0. The van der Waals surface area contributed by atoms with Crippen LogP contribution in [-0.2, 0) is 4.79 Å². The van der Waals surface area contributed by atoms with Gasteiger partial charge in [0.05, 0.1) is 0 Å². The summed E-state index contributed by atoms with van der Waals surface area (Å²) in [5.74, 6) is 0.561. The number of rotatable bonds is 4. The fraction of sp³-hybridized carbons (Fsp3) is 0.529. The van der Waals surface area contributed by atoms with E-state index in [0.29, 0.717) is 31.0 Å². The quantitative estimate of drug-likeness (QED) is 0.889. The van der Waals surface area contributed by atoms with Gasteiger partial charge in [-0.1, -0.05) is 29.8 Å². The van der Waals surface area contributed by atoms with Gasteiger partial charge in [-0.2, -0.15) is 0 Å². The molecule has 0 aromatic heterocycles. The Kier molecular flexibility index (Phi) is 6.00. The molecule has 0 saturated carbocycles. The normalized spacial score (nSPS) is 15.9. The summed E-state index contributed by atoms with van der Waals surface area (Å²) in [4.78, 5) is 26.1. The molecule has 2 rings (SSSR count). The van der Waals surface area contributed by atoms with Crippen molar-refractivity contribution in [1.29, 1.82) is 0 Å². The van der Waals surface area contributed by atoms with Crippen LogP contribution in [0.2, 0.25) is 0 Å². The Labute approximate surface area is 140 Å². The molecular formula is C17H23BrN2O2. The predicted octanol–water partition coefficient (Wildman–Crippen LogP) is 3.22. The number of nitrogens with one attached hydrogen (secondary N) is 1. The van der Waals surface area contributed by atoms with Crippen LogP contribution >= 0.6 is 15.9 Å². The zero-order valence-electron chi connectivity index (χ0n) is 13.1. The van der Waals surface area contributed by atoms with Crippen LogP contribution in [0.4, 0.5) is 0 Å². The van der Waals surface area contributed by atoms with Gasteiger partial charge in [0.1, 0.15) is 0 Å². The summed E-state index contributed by atoms with van der Waals surface area (Å²) in [7, 11) is 0. The van der Waals surface area contributed by atoms with E-state index in [1.54, 1.807) is 0 Å². The summed E-state index contributed by atoms with van der Waals surface area (Å²) in [5.41, 5.74) is 0.713. The number of amides is 2. The minimum absolute atomic E-state index is 0.0689. The highest BCUT2D eigenvalue weighted by Gasteiger charge is 2.24. The monoisotopic (exact) mass is 366 g/mol. The van der Waals surface area contributed by atoms with Crippen LogP contribution in [-0.4, -0.2) is 35.8 Å². The molecule has 0 atom stereocenters. The van der Waals surface area contributed by atoms with Crippen molar-refractivity contribution in [2.75, 3.05) is 13.1 Å². The van der Waals surface area contributed by atoms with Gasteiger partial charge >= 0.3 is 0 Å². The van der Waals surface area contributed by atoms with Gasteiger partial charge in [-0.3, -0.25) is 9.59 Å². The predicted molar refractivity (Wildman–Crippen MR) is 90.7 cm³/mol. The molecule has 1 aliphatic rings. The Bertz CT molecular complexity index is 520. The average Bonchev–Trinajstić information content (AvgIpc) is 2.47. The molecule has 0 unspecified atom stereocenters.